The Balaban J connectivity index is 1.66. The molecule has 2 aromatic rings. The highest BCUT2D eigenvalue weighted by atomic mass is 32.2. The molecule has 2 aromatic carbocycles. The Labute approximate surface area is 161 Å². The summed E-state index contributed by atoms with van der Waals surface area (Å²) in [6.07, 6.45) is -3.44. The highest BCUT2D eigenvalue weighted by molar-refractivity contribution is 7.98. The van der Waals surface area contributed by atoms with Crippen LogP contribution in [0.15, 0.2) is 48.5 Å². The SMILES string of the molecule is Cc1ccccc1CSCCCNC(=S)Nc1cccc(C(F)(F)F)c1. The molecule has 0 heterocycles. The van der Waals surface area contributed by atoms with E-state index in [0.29, 0.717) is 17.3 Å². The van der Waals surface area contributed by atoms with E-state index in [1.165, 1.54) is 17.2 Å². The molecule has 0 amide bonds. The van der Waals surface area contributed by atoms with Gasteiger partial charge in [-0.05, 0) is 60.6 Å². The van der Waals surface area contributed by atoms with Gasteiger partial charge in [-0.25, -0.2) is 0 Å². The third-order valence-electron chi connectivity index (χ3n) is 3.72. The number of hydrogen-bond acceptors (Lipinski definition) is 2. The average molecular weight is 399 g/mol. The number of anilines is 1. The smallest absolute Gasteiger partial charge is 0.362 e. The summed E-state index contributed by atoms with van der Waals surface area (Å²) in [4.78, 5) is 0. The van der Waals surface area contributed by atoms with Crippen LogP contribution in [0.1, 0.15) is 23.1 Å². The summed E-state index contributed by atoms with van der Waals surface area (Å²) in [5.41, 5.74) is 2.26. The van der Waals surface area contributed by atoms with Crippen LogP contribution < -0.4 is 10.6 Å². The first-order valence-electron chi connectivity index (χ1n) is 8.20. The fraction of sp³-hybridized carbons (Fsp3) is 0.316. The summed E-state index contributed by atoms with van der Waals surface area (Å²) in [6, 6.07) is 13.3. The normalized spacial score (nSPS) is 11.2. The van der Waals surface area contributed by atoms with Gasteiger partial charge >= 0.3 is 6.18 Å². The molecule has 0 aliphatic carbocycles. The first kappa shape index (κ1) is 20.6. The molecule has 0 fully saturated rings. The lowest BCUT2D eigenvalue weighted by molar-refractivity contribution is -0.137. The Bertz CT molecular complexity index is 733. The minimum atomic E-state index is -4.36. The van der Waals surface area contributed by atoms with Crippen molar-refractivity contribution in [1.82, 2.24) is 5.32 Å². The van der Waals surface area contributed by atoms with Gasteiger partial charge in [0.15, 0.2) is 5.11 Å². The van der Waals surface area contributed by atoms with E-state index in [1.54, 1.807) is 6.07 Å². The Hall–Kier alpha value is -1.73. The van der Waals surface area contributed by atoms with Crippen molar-refractivity contribution in [2.75, 3.05) is 17.6 Å². The zero-order chi connectivity index (χ0) is 19.0. The molecule has 2 rings (SSSR count). The van der Waals surface area contributed by atoms with Crippen molar-refractivity contribution in [3.63, 3.8) is 0 Å². The monoisotopic (exact) mass is 398 g/mol. The second-order valence-corrected chi connectivity index (χ2v) is 7.31. The second kappa shape index (κ2) is 9.83. The standard InChI is InChI=1S/C19H21F3N2S2/c1-14-6-2-3-7-15(14)13-26-11-5-10-23-18(25)24-17-9-4-8-16(12-17)19(20,21)22/h2-4,6-9,12H,5,10-11,13H2,1H3,(H2,23,24,25). The molecule has 0 aliphatic rings. The van der Waals surface area contributed by atoms with E-state index in [9.17, 15) is 13.2 Å². The molecule has 0 saturated heterocycles. The molecule has 0 unspecified atom stereocenters. The van der Waals surface area contributed by atoms with Crippen molar-refractivity contribution in [3.05, 3.63) is 65.2 Å². The number of benzene rings is 2. The Morgan fingerprint density at radius 1 is 1.12 bits per heavy atom. The number of alkyl halides is 3. The first-order valence-corrected chi connectivity index (χ1v) is 9.77. The number of nitrogens with one attached hydrogen (secondary N) is 2. The Morgan fingerprint density at radius 3 is 2.62 bits per heavy atom. The van der Waals surface area contributed by atoms with Crippen LogP contribution in [0.5, 0.6) is 0 Å². The molecule has 0 bridgehead atoms. The third-order valence-corrected chi connectivity index (χ3v) is 5.06. The summed E-state index contributed by atoms with van der Waals surface area (Å²) in [6.45, 7) is 2.78. The molecular formula is C19H21F3N2S2. The third kappa shape index (κ3) is 6.88. The number of thiocarbonyl (C=S) groups is 1. The van der Waals surface area contributed by atoms with E-state index in [2.05, 4.69) is 29.7 Å². The lowest BCUT2D eigenvalue weighted by Crippen LogP contribution is -2.29. The number of hydrogen-bond donors (Lipinski definition) is 2. The van der Waals surface area contributed by atoms with Crippen LogP contribution in [0, 0.1) is 6.92 Å². The van der Waals surface area contributed by atoms with E-state index in [0.717, 1.165) is 30.1 Å². The highest BCUT2D eigenvalue weighted by Crippen LogP contribution is 2.30. The largest absolute Gasteiger partial charge is 0.416 e. The number of rotatable bonds is 7. The van der Waals surface area contributed by atoms with Crippen LogP contribution in [0.2, 0.25) is 0 Å². The van der Waals surface area contributed by atoms with Crippen molar-refractivity contribution in [3.8, 4) is 0 Å². The summed E-state index contributed by atoms with van der Waals surface area (Å²) in [5.74, 6) is 1.95. The van der Waals surface area contributed by atoms with E-state index >= 15 is 0 Å². The van der Waals surface area contributed by atoms with Gasteiger partial charge in [-0.1, -0.05) is 30.3 Å². The minimum absolute atomic E-state index is 0.325. The van der Waals surface area contributed by atoms with Gasteiger partial charge in [-0.2, -0.15) is 24.9 Å². The zero-order valence-electron chi connectivity index (χ0n) is 14.4. The topological polar surface area (TPSA) is 24.1 Å². The predicted octanol–water partition coefficient (Wildman–Crippen LogP) is 5.62. The molecule has 2 N–H and O–H groups in total. The molecule has 0 radical (unpaired) electrons. The Morgan fingerprint density at radius 2 is 1.88 bits per heavy atom. The molecule has 7 heteroatoms. The van der Waals surface area contributed by atoms with E-state index in [4.69, 9.17) is 12.2 Å². The molecule has 2 nitrogen and oxygen atoms in total. The second-order valence-electron chi connectivity index (χ2n) is 5.79. The van der Waals surface area contributed by atoms with Crippen molar-refractivity contribution in [1.29, 1.82) is 0 Å². The molecule has 0 atom stereocenters. The van der Waals surface area contributed by atoms with Gasteiger partial charge in [-0.15, -0.1) is 0 Å². The van der Waals surface area contributed by atoms with Crippen LogP contribution in [0.4, 0.5) is 18.9 Å². The van der Waals surface area contributed by atoms with E-state index in [1.807, 2.05) is 23.9 Å². The van der Waals surface area contributed by atoms with Crippen molar-refractivity contribution in [2.45, 2.75) is 25.3 Å². The van der Waals surface area contributed by atoms with Crippen LogP contribution in [0.25, 0.3) is 0 Å². The molecule has 0 aromatic heterocycles. The van der Waals surface area contributed by atoms with Crippen molar-refractivity contribution >= 4 is 34.8 Å². The number of halogens is 3. The minimum Gasteiger partial charge on any atom is -0.362 e. The zero-order valence-corrected chi connectivity index (χ0v) is 16.0. The fourth-order valence-corrected chi connectivity index (χ4v) is 3.54. The summed E-state index contributed by atoms with van der Waals surface area (Å²) >= 11 is 6.99. The molecule has 0 aliphatic heterocycles. The van der Waals surface area contributed by atoms with Gasteiger partial charge in [0.1, 0.15) is 0 Å². The number of thioether (sulfide) groups is 1. The summed E-state index contributed by atoms with van der Waals surface area (Å²) in [5, 5.41) is 6.14. The van der Waals surface area contributed by atoms with Gasteiger partial charge < -0.3 is 10.6 Å². The Kier molecular flexibility index (Phi) is 7.78. The van der Waals surface area contributed by atoms with Crippen LogP contribution in [-0.2, 0) is 11.9 Å². The van der Waals surface area contributed by atoms with E-state index in [-0.39, 0.29) is 0 Å². The molecule has 26 heavy (non-hydrogen) atoms. The molecule has 140 valence electrons. The van der Waals surface area contributed by atoms with Gasteiger partial charge in [0.2, 0.25) is 0 Å². The van der Waals surface area contributed by atoms with Crippen LogP contribution in [-0.4, -0.2) is 17.4 Å². The van der Waals surface area contributed by atoms with Gasteiger partial charge in [0, 0.05) is 18.0 Å². The molecular weight excluding hydrogens is 377 g/mol. The van der Waals surface area contributed by atoms with Gasteiger partial charge in [0.05, 0.1) is 5.56 Å². The van der Waals surface area contributed by atoms with E-state index < -0.39 is 11.7 Å². The van der Waals surface area contributed by atoms with Crippen molar-refractivity contribution in [2.24, 2.45) is 0 Å². The first-order chi connectivity index (χ1) is 12.4. The average Bonchev–Trinajstić information content (AvgIpc) is 2.59. The maximum Gasteiger partial charge on any atom is 0.416 e. The maximum atomic E-state index is 12.7. The fourth-order valence-electron chi connectivity index (χ4n) is 2.28. The summed E-state index contributed by atoms with van der Waals surface area (Å²) < 4.78 is 38.1. The lowest BCUT2D eigenvalue weighted by atomic mass is 10.1. The van der Waals surface area contributed by atoms with Crippen LogP contribution >= 0.6 is 24.0 Å². The summed E-state index contributed by atoms with van der Waals surface area (Å²) in [7, 11) is 0. The van der Waals surface area contributed by atoms with Crippen molar-refractivity contribution < 1.29 is 13.2 Å². The van der Waals surface area contributed by atoms with Gasteiger partial charge in [-0.3, -0.25) is 0 Å². The molecule has 0 saturated carbocycles. The number of aryl methyl sites for hydroxylation is 1. The highest BCUT2D eigenvalue weighted by Gasteiger charge is 2.30. The molecule has 0 spiro atoms. The quantitative estimate of drug-likeness (QED) is 0.467. The van der Waals surface area contributed by atoms with Gasteiger partial charge in [0.25, 0.3) is 0 Å². The predicted molar refractivity (Wildman–Crippen MR) is 108 cm³/mol. The van der Waals surface area contributed by atoms with Crippen LogP contribution in [0.3, 0.4) is 0 Å². The lowest BCUT2D eigenvalue weighted by Gasteiger charge is -2.12. The maximum absolute atomic E-state index is 12.7.